The number of halogens is 1. The van der Waals surface area contributed by atoms with Crippen molar-refractivity contribution in [3.63, 3.8) is 0 Å². The van der Waals surface area contributed by atoms with E-state index in [4.69, 9.17) is 9.15 Å². The van der Waals surface area contributed by atoms with Gasteiger partial charge < -0.3 is 19.2 Å². The lowest BCUT2D eigenvalue weighted by atomic mass is 10.1. The van der Waals surface area contributed by atoms with Crippen molar-refractivity contribution < 1.29 is 19.1 Å². The van der Waals surface area contributed by atoms with Crippen LogP contribution in [0.3, 0.4) is 0 Å². The van der Waals surface area contributed by atoms with E-state index in [1.54, 1.807) is 36.0 Å². The zero-order valence-electron chi connectivity index (χ0n) is 17.8. The van der Waals surface area contributed by atoms with Gasteiger partial charge in [0.1, 0.15) is 21.9 Å². The zero-order chi connectivity index (χ0) is 23.5. The monoisotopic (exact) mass is 582 g/mol. The number of furan rings is 1. The number of rotatable bonds is 8. The van der Waals surface area contributed by atoms with E-state index >= 15 is 0 Å². The van der Waals surface area contributed by atoms with Crippen LogP contribution in [0.1, 0.15) is 15.9 Å². The van der Waals surface area contributed by atoms with Gasteiger partial charge in [0, 0.05) is 22.4 Å². The minimum Gasteiger partial charge on any atom is -0.483 e. The van der Waals surface area contributed by atoms with Crippen LogP contribution in [0.5, 0.6) is 5.75 Å². The average molecular weight is 582 g/mol. The number of ether oxygens (including phenoxy) is 1. The minimum atomic E-state index is -0.959. The average Bonchev–Trinajstić information content (AvgIpc) is 3.47. The van der Waals surface area contributed by atoms with Crippen LogP contribution >= 0.6 is 34.4 Å². The van der Waals surface area contributed by atoms with E-state index in [1.165, 1.54) is 0 Å². The summed E-state index contributed by atoms with van der Waals surface area (Å²) in [6.45, 7) is 0. The van der Waals surface area contributed by atoms with Crippen molar-refractivity contribution in [2.24, 2.45) is 0 Å². The Balaban J connectivity index is 1.50. The Labute approximate surface area is 213 Å². The van der Waals surface area contributed by atoms with E-state index in [2.05, 4.69) is 32.6 Å². The van der Waals surface area contributed by atoms with Crippen molar-refractivity contribution in [1.29, 1.82) is 0 Å². The van der Waals surface area contributed by atoms with Crippen molar-refractivity contribution >= 4 is 51.4 Å². The Kier molecular flexibility index (Phi) is 6.59. The van der Waals surface area contributed by atoms with Crippen molar-refractivity contribution in [2.75, 3.05) is 4.61 Å². The number of nitrogens with zero attached hydrogens (tertiary/aromatic N) is 1. The van der Waals surface area contributed by atoms with Gasteiger partial charge in [-0.2, -0.15) is 0 Å². The number of hydrogen-bond donors (Lipinski definition) is 2. The molecule has 6 nitrogen and oxygen atoms in total. The van der Waals surface area contributed by atoms with Gasteiger partial charge in [-0.15, -0.1) is 0 Å². The third kappa shape index (κ3) is 4.83. The Morgan fingerprint density at radius 3 is 2.62 bits per heavy atom. The van der Waals surface area contributed by atoms with Crippen molar-refractivity contribution in [3.05, 3.63) is 90.0 Å². The van der Waals surface area contributed by atoms with E-state index in [-0.39, 0.29) is 5.56 Å². The molecule has 34 heavy (non-hydrogen) atoms. The topological polar surface area (TPSA) is 88.3 Å². The highest BCUT2D eigenvalue weighted by molar-refractivity contribution is 14.1. The smallest absolute Gasteiger partial charge is 0.335 e. The Bertz CT molecular complexity index is 1430. The van der Waals surface area contributed by atoms with Gasteiger partial charge >= 0.3 is 5.97 Å². The first-order chi connectivity index (χ1) is 16.6. The van der Waals surface area contributed by atoms with Gasteiger partial charge in [0.05, 0.1) is 16.6 Å². The van der Waals surface area contributed by atoms with Gasteiger partial charge in [-0.25, -0.2) is 9.78 Å². The predicted molar refractivity (Wildman–Crippen MR) is 142 cm³/mol. The molecule has 2 heterocycles. The number of carbonyl (C=O) groups is 1. The van der Waals surface area contributed by atoms with Gasteiger partial charge in [0.25, 0.3) is 0 Å². The molecule has 0 spiro atoms. The maximum Gasteiger partial charge on any atom is 0.335 e. The molecule has 0 aliphatic carbocycles. The molecule has 0 amide bonds. The summed E-state index contributed by atoms with van der Waals surface area (Å²) in [4.78, 5) is 19.3. The molecule has 0 unspecified atom stereocenters. The molecule has 0 atom stereocenters. The van der Waals surface area contributed by atoms with Crippen LogP contribution < -0.4 is 4.74 Å². The number of thioether (sulfide) groups is 1. The number of H-pyrrole nitrogens is 1. The lowest BCUT2D eigenvalue weighted by molar-refractivity contribution is 0.0697. The molecule has 8 heteroatoms. The van der Waals surface area contributed by atoms with Gasteiger partial charge in [0.15, 0.2) is 5.16 Å². The van der Waals surface area contributed by atoms with Gasteiger partial charge in [-0.3, -0.25) is 0 Å². The van der Waals surface area contributed by atoms with Crippen LogP contribution in [-0.4, -0.2) is 25.7 Å². The van der Waals surface area contributed by atoms with E-state index in [0.29, 0.717) is 16.1 Å². The molecule has 2 N–H and O–H groups in total. The largest absolute Gasteiger partial charge is 0.483 e. The van der Waals surface area contributed by atoms with E-state index in [0.717, 1.165) is 44.4 Å². The van der Waals surface area contributed by atoms with Crippen LogP contribution in [0.25, 0.3) is 33.7 Å². The van der Waals surface area contributed by atoms with Gasteiger partial charge in [-0.05, 0) is 65.1 Å². The first-order valence-corrected chi connectivity index (χ1v) is 12.9. The third-order valence-corrected chi connectivity index (χ3v) is 6.51. The quantitative estimate of drug-likeness (QED) is 0.114. The van der Waals surface area contributed by atoms with Gasteiger partial charge in [0.2, 0.25) is 0 Å². The minimum absolute atomic E-state index is 0.234. The van der Waals surface area contributed by atoms with Crippen LogP contribution in [0, 0.1) is 0 Å². The second-order valence-corrected chi connectivity index (χ2v) is 9.06. The summed E-state index contributed by atoms with van der Waals surface area (Å²) < 4.78 is 12.5. The molecule has 0 radical (unpaired) electrons. The van der Waals surface area contributed by atoms with Crippen LogP contribution in [0.2, 0.25) is 0 Å². The summed E-state index contributed by atoms with van der Waals surface area (Å²) in [6, 6.07) is 24.5. The fraction of sp³-hybridized carbons (Fsp3) is 0.0769. The first-order valence-electron chi connectivity index (χ1n) is 10.4. The van der Waals surface area contributed by atoms with Gasteiger partial charge in [-0.1, -0.05) is 48.2 Å². The van der Waals surface area contributed by atoms with Crippen molar-refractivity contribution in [3.8, 4) is 28.4 Å². The molecular weight excluding hydrogens is 563 g/mol. The second-order valence-electron chi connectivity index (χ2n) is 7.48. The first kappa shape index (κ1) is 22.5. The standard InChI is InChI=1S/C26H19IN2O4S/c27-15-32-20-5-3-4-18(12-20)23-13-19(14-34-26-28-21-6-1-2-7-22(21)29-26)24(33-23)16-8-10-17(11-9-16)25(30)31/h1-13H,14-15H2,(H,28,29)(H,30,31). The van der Waals surface area contributed by atoms with Crippen LogP contribution in [-0.2, 0) is 5.75 Å². The van der Waals surface area contributed by atoms with Crippen LogP contribution in [0.4, 0.5) is 0 Å². The summed E-state index contributed by atoms with van der Waals surface area (Å²) >= 11 is 3.75. The summed E-state index contributed by atoms with van der Waals surface area (Å²) in [5, 5.41) is 10.1. The predicted octanol–water partition coefficient (Wildman–Crippen LogP) is 7.25. The molecule has 0 aliphatic rings. The molecule has 0 aliphatic heterocycles. The number of carboxylic acids is 1. The number of para-hydroxylation sites is 2. The fourth-order valence-electron chi connectivity index (χ4n) is 3.63. The molecule has 5 rings (SSSR count). The zero-order valence-corrected chi connectivity index (χ0v) is 20.8. The molecule has 0 saturated heterocycles. The van der Waals surface area contributed by atoms with E-state index in [1.807, 2.05) is 54.6 Å². The fourth-order valence-corrected chi connectivity index (χ4v) is 4.84. The molecule has 0 saturated carbocycles. The molecule has 0 bridgehead atoms. The van der Waals surface area contributed by atoms with Crippen molar-refractivity contribution in [2.45, 2.75) is 10.9 Å². The number of aromatic amines is 1. The van der Waals surface area contributed by atoms with E-state index in [9.17, 15) is 9.90 Å². The Morgan fingerprint density at radius 1 is 1.03 bits per heavy atom. The number of carboxylic acid groups (broad SMARTS) is 1. The molecule has 170 valence electrons. The third-order valence-electron chi connectivity index (χ3n) is 5.27. The molecule has 0 fully saturated rings. The van der Waals surface area contributed by atoms with Crippen LogP contribution in [0.15, 0.2) is 88.4 Å². The highest BCUT2D eigenvalue weighted by Gasteiger charge is 2.17. The maximum absolute atomic E-state index is 11.3. The normalized spacial score (nSPS) is 11.1. The number of imidazole rings is 1. The Morgan fingerprint density at radius 2 is 1.85 bits per heavy atom. The number of alkyl halides is 1. The highest BCUT2D eigenvalue weighted by atomic mass is 127. The summed E-state index contributed by atoms with van der Waals surface area (Å²) in [5.74, 6) is 1.86. The number of fused-ring (bicyclic) bond motifs is 1. The van der Waals surface area contributed by atoms with E-state index < -0.39 is 5.97 Å². The number of aromatic carboxylic acids is 1. The SMILES string of the molecule is O=C(O)c1ccc(-c2oc(-c3cccc(OCI)c3)cc2CSc2nc3ccccc3[nH]2)cc1. The summed E-state index contributed by atoms with van der Waals surface area (Å²) in [7, 11) is 0. The Hall–Kier alpha value is -3.24. The second kappa shape index (κ2) is 9.94. The number of nitrogens with one attached hydrogen (secondary N) is 1. The van der Waals surface area contributed by atoms with Crippen molar-refractivity contribution in [1.82, 2.24) is 9.97 Å². The lowest BCUT2D eigenvalue weighted by Crippen LogP contribution is -1.95. The number of hydrogen-bond acceptors (Lipinski definition) is 5. The molecule has 3 aromatic carbocycles. The number of aromatic nitrogens is 2. The number of benzene rings is 3. The summed E-state index contributed by atoms with van der Waals surface area (Å²) in [6.07, 6.45) is 0. The summed E-state index contributed by atoms with van der Waals surface area (Å²) in [5.41, 5.74) is 4.87. The maximum atomic E-state index is 11.3. The lowest BCUT2D eigenvalue weighted by Gasteiger charge is -2.04. The molecular formula is C26H19IN2O4S. The highest BCUT2D eigenvalue weighted by Crippen LogP contribution is 2.37. The molecule has 2 aromatic heterocycles. The molecule has 5 aromatic rings.